The van der Waals surface area contributed by atoms with Crippen LogP contribution in [0.15, 0.2) is 91.1 Å². The largest absolute Gasteiger partial charge is 0.481 e. The monoisotopic (exact) mass is 1150 g/mol. The number of carboxylic acid groups (broad SMARTS) is 2. The summed E-state index contributed by atoms with van der Waals surface area (Å²) in [5.74, 6) is -8.91. The van der Waals surface area contributed by atoms with Crippen molar-refractivity contribution in [2.45, 2.75) is 117 Å². The van der Waals surface area contributed by atoms with Crippen LogP contribution in [-0.2, 0) is 61.0 Å². The Morgan fingerprint density at radius 3 is 2.00 bits per heavy atom. The minimum Gasteiger partial charge on any atom is -0.481 e. The van der Waals surface area contributed by atoms with Crippen molar-refractivity contribution in [3.8, 4) is 11.1 Å². The number of hydrogen-bond donors (Lipinski definition) is 9. The van der Waals surface area contributed by atoms with Crippen molar-refractivity contribution in [3.05, 3.63) is 120 Å². The summed E-state index contributed by atoms with van der Waals surface area (Å²) >= 11 is 1.14. The molecule has 3 aromatic carbocycles. The lowest BCUT2D eigenvalue weighted by molar-refractivity contribution is -0.143. The second-order valence-electron chi connectivity index (χ2n) is 20.1. The van der Waals surface area contributed by atoms with Gasteiger partial charge in [-0.2, -0.15) is 11.8 Å². The molecule has 8 amide bonds. The number of carboxylic acids is 2. The second kappa shape index (κ2) is 32.0. The third-order valence-electron chi connectivity index (χ3n) is 12.4. The predicted molar refractivity (Wildman–Crippen MR) is 295 cm³/mol. The number of primary amides is 1. The average molecular weight is 1150 g/mol. The van der Waals surface area contributed by atoms with E-state index < -0.39 is 119 Å². The number of aromatic nitrogens is 1. The number of ether oxygens (including phenoxy) is 1. The van der Waals surface area contributed by atoms with Crippen molar-refractivity contribution in [2.24, 2.45) is 11.1 Å². The minimum atomic E-state index is -1.49. The molecule has 0 radical (unpaired) electrons. The Bertz CT molecular complexity index is 2830. The summed E-state index contributed by atoms with van der Waals surface area (Å²) < 4.78 is 37.1. The number of nitrogens with one attached hydrogen (secondary N) is 6. The highest BCUT2D eigenvalue weighted by Crippen LogP contribution is 2.41. The Hall–Kier alpha value is -8.35. The molecule has 10 N–H and O–H groups in total. The fourth-order valence-electron chi connectivity index (χ4n) is 8.31. The summed E-state index contributed by atoms with van der Waals surface area (Å²) in [6.45, 7) is 8.35. The molecule has 4 rings (SSSR count). The number of amides is 8. The van der Waals surface area contributed by atoms with Crippen LogP contribution in [0, 0.1) is 17.0 Å². The third kappa shape index (κ3) is 22.4. The number of nitrogens with zero attached hydrogens (tertiary/aromatic N) is 2. The highest BCUT2D eigenvalue weighted by Gasteiger charge is 2.37. The van der Waals surface area contributed by atoms with Gasteiger partial charge in [-0.15, -0.1) is 0 Å². The Labute approximate surface area is 472 Å². The van der Waals surface area contributed by atoms with Gasteiger partial charge in [-0.05, 0) is 67.5 Å². The van der Waals surface area contributed by atoms with Gasteiger partial charge < -0.3 is 62.1 Å². The number of carbonyl (C=O) groups is 10. The molecule has 0 spiro atoms. The molecule has 0 aliphatic rings. The van der Waals surface area contributed by atoms with Crippen LogP contribution in [0.3, 0.4) is 0 Å². The molecule has 5 atom stereocenters. The van der Waals surface area contributed by atoms with Gasteiger partial charge in [0.1, 0.15) is 42.4 Å². The van der Waals surface area contributed by atoms with E-state index in [1.54, 1.807) is 47.5 Å². The number of benzene rings is 3. The molecule has 0 fully saturated rings. The number of nitrogens with two attached hydrogens (primary N) is 1. The molecule has 0 bridgehead atoms. The highest BCUT2D eigenvalue weighted by molar-refractivity contribution is 7.99. The number of thioether (sulfide) groups is 1. The number of halogens is 2. The maximum atomic E-state index is 15.4. The number of carbonyl (C=O) groups excluding carboxylic acids is 8. The van der Waals surface area contributed by atoms with Gasteiger partial charge in [-0.3, -0.25) is 38.4 Å². The van der Waals surface area contributed by atoms with Crippen molar-refractivity contribution in [2.75, 3.05) is 31.1 Å². The quantitative estimate of drug-likeness (QED) is 0.0311. The Morgan fingerprint density at radius 1 is 0.728 bits per heavy atom. The molecule has 25 heteroatoms. The standard InChI is InChI=1S/C56H71F2N9O13S/c1-34(62-51(74)35(2)63-55(79)80-32-37-15-10-7-11-16-37)52(75)65-43(29-45(59)68)53(76)61-23-12-25-67(48(71)33-81-26-22-46(69)60-24-21-47(70)64-42(54(77)78)19-20-49(72)73)50(56(3,4)5)44-27-38(40-28-39(57)17-18-41(40)58)31-66(44)30-36-13-8-6-9-14-36/h6-11,13-18,27-28,31,34-35,42-43,50H,12,19-26,29-30,32-33H2,1-5H3,(H2,59,68)(H,60,69)(H,61,76)(H,62,74)(H,63,79)(H,64,70)(H,65,75)(H,72,73)(H,77,78). The number of aliphatic carboxylic acids is 2. The van der Waals surface area contributed by atoms with Crippen molar-refractivity contribution < 1.29 is 71.7 Å². The van der Waals surface area contributed by atoms with Gasteiger partial charge in [0.05, 0.1) is 18.2 Å². The summed E-state index contributed by atoms with van der Waals surface area (Å²) in [7, 11) is 0. The first-order chi connectivity index (χ1) is 38.3. The van der Waals surface area contributed by atoms with Crippen molar-refractivity contribution in [3.63, 3.8) is 0 Å². The van der Waals surface area contributed by atoms with Gasteiger partial charge in [0.25, 0.3) is 0 Å². The van der Waals surface area contributed by atoms with Crippen LogP contribution in [0.1, 0.15) is 96.0 Å². The molecule has 22 nitrogen and oxygen atoms in total. The van der Waals surface area contributed by atoms with E-state index >= 15 is 4.39 Å². The van der Waals surface area contributed by atoms with E-state index in [1.165, 1.54) is 13.8 Å². The topological polar surface area (TPSA) is 327 Å². The smallest absolute Gasteiger partial charge is 0.408 e. The van der Waals surface area contributed by atoms with Crippen LogP contribution in [-0.4, -0.2) is 134 Å². The van der Waals surface area contributed by atoms with Crippen molar-refractivity contribution in [1.82, 2.24) is 41.4 Å². The summed E-state index contributed by atoms with van der Waals surface area (Å²) in [6, 6.07) is 16.9. The molecule has 1 heterocycles. The van der Waals surface area contributed by atoms with Gasteiger partial charge in [0, 0.05) is 74.2 Å². The summed E-state index contributed by atoms with van der Waals surface area (Å²) in [4.78, 5) is 128. The number of hydrogen-bond acceptors (Lipinski definition) is 12. The SMILES string of the molecule is CC(NC(=O)OCc1ccccc1)C(=O)NC(C)C(=O)NC(CC(N)=O)C(=O)NCCCN(C(=O)CSCCC(=O)NCCC(=O)NC(CCC(=O)O)C(=O)O)C(c1cc(-c2cc(F)ccc2F)cn1Cc1ccccc1)C(C)(C)C. The normalized spacial score (nSPS) is 13.0. The first-order valence-corrected chi connectivity index (χ1v) is 27.2. The van der Waals surface area contributed by atoms with Crippen LogP contribution < -0.4 is 37.6 Å². The van der Waals surface area contributed by atoms with Crippen LogP contribution in [0.5, 0.6) is 0 Å². The van der Waals surface area contributed by atoms with E-state index in [1.807, 2.05) is 55.7 Å². The molecule has 0 aliphatic carbocycles. The fourth-order valence-corrected chi connectivity index (χ4v) is 9.13. The van der Waals surface area contributed by atoms with E-state index in [-0.39, 0.29) is 75.5 Å². The van der Waals surface area contributed by atoms with E-state index in [0.29, 0.717) is 11.3 Å². The number of alkyl carbamates (subject to hydrolysis) is 1. The van der Waals surface area contributed by atoms with E-state index in [2.05, 4.69) is 31.9 Å². The highest BCUT2D eigenvalue weighted by atomic mass is 32.2. The van der Waals surface area contributed by atoms with Crippen LogP contribution in [0.4, 0.5) is 13.6 Å². The second-order valence-corrected chi connectivity index (χ2v) is 21.2. The maximum absolute atomic E-state index is 15.4. The molecule has 438 valence electrons. The maximum Gasteiger partial charge on any atom is 0.408 e. The van der Waals surface area contributed by atoms with Crippen LogP contribution in [0.25, 0.3) is 11.1 Å². The Balaban J connectivity index is 1.49. The van der Waals surface area contributed by atoms with Gasteiger partial charge in [-0.1, -0.05) is 81.4 Å². The van der Waals surface area contributed by atoms with E-state index in [4.69, 9.17) is 15.6 Å². The van der Waals surface area contributed by atoms with Gasteiger partial charge >= 0.3 is 18.0 Å². The first kappa shape index (κ1) is 65.2. The molecule has 81 heavy (non-hydrogen) atoms. The zero-order valence-electron chi connectivity index (χ0n) is 45.8. The Kier molecular flexibility index (Phi) is 25.8. The lowest BCUT2D eigenvalue weighted by Gasteiger charge is -2.41. The minimum absolute atomic E-state index is 0.00862. The Morgan fingerprint density at radius 2 is 1.37 bits per heavy atom. The van der Waals surface area contributed by atoms with Crippen LogP contribution in [0.2, 0.25) is 0 Å². The zero-order chi connectivity index (χ0) is 59.8. The number of rotatable bonds is 32. The molecular weight excluding hydrogens is 1080 g/mol. The zero-order valence-corrected chi connectivity index (χ0v) is 46.6. The van der Waals surface area contributed by atoms with Gasteiger partial charge in [-0.25, -0.2) is 18.4 Å². The average Bonchev–Trinajstić information content (AvgIpc) is 3.92. The molecule has 1 aromatic heterocycles. The predicted octanol–water partition coefficient (Wildman–Crippen LogP) is 4.15. The lowest BCUT2D eigenvalue weighted by Crippen LogP contribution is -2.56. The molecule has 0 aliphatic heterocycles. The summed E-state index contributed by atoms with van der Waals surface area (Å²) in [5.41, 5.74) is 7.18. The third-order valence-corrected chi connectivity index (χ3v) is 13.3. The van der Waals surface area contributed by atoms with Crippen LogP contribution >= 0.6 is 11.8 Å². The first-order valence-electron chi connectivity index (χ1n) is 26.0. The fraction of sp³-hybridized carbons (Fsp3) is 0.429. The van der Waals surface area contributed by atoms with Crippen molar-refractivity contribution in [1.29, 1.82) is 0 Å². The molecular formula is C56H71F2N9O13S. The van der Waals surface area contributed by atoms with Crippen molar-refractivity contribution >= 4 is 71.1 Å². The summed E-state index contributed by atoms with van der Waals surface area (Å²) in [6.07, 6.45) is -0.892. The molecule has 0 saturated carbocycles. The van der Waals surface area contributed by atoms with E-state index in [0.717, 1.165) is 41.1 Å². The molecule has 0 saturated heterocycles. The summed E-state index contributed by atoms with van der Waals surface area (Å²) in [5, 5.41) is 33.0. The molecule has 4 aromatic rings. The van der Waals surface area contributed by atoms with E-state index in [9.17, 15) is 57.4 Å². The lowest BCUT2D eigenvalue weighted by atomic mass is 9.83. The molecule has 5 unspecified atom stereocenters. The van der Waals surface area contributed by atoms with Gasteiger partial charge in [0.15, 0.2) is 0 Å². The van der Waals surface area contributed by atoms with Gasteiger partial charge in [0.2, 0.25) is 41.4 Å².